The molecule has 0 fully saturated rings. The van der Waals surface area contributed by atoms with Gasteiger partial charge in [-0.15, -0.1) is 0 Å². The second-order valence-corrected chi connectivity index (χ2v) is 5.59. The molecule has 0 unspecified atom stereocenters. The molecular formula is C19H22N2O. The van der Waals surface area contributed by atoms with E-state index < -0.39 is 0 Å². The minimum absolute atomic E-state index is 0.664. The lowest BCUT2D eigenvalue weighted by Crippen LogP contribution is -2.20. The molecule has 0 aliphatic carbocycles. The Kier molecular flexibility index (Phi) is 4.45. The molecule has 2 N–H and O–H groups in total. The molecule has 3 rings (SSSR count). The van der Waals surface area contributed by atoms with E-state index in [2.05, 4.69) is 60.5 Å². The van der Waals surface area contributed by atoms with Crippen LogP contribution in [0.2, 0.25) is 0 Å². The number of H-pyrrole nitrogens is 1. The minimum Gasteiger partial charge on any atom is -0.492 e. The highest BCUT2D eigenvalue weighted by atomic mass is 16.5. The first-order valence-electron chi connectivity index (χ1n) is 7.70. The molecule has 22 heavy (non-hydrogen) atoms. The number of aryl methyl sites for hydroxylation is 2. The minimum atomic E-state index is 0.664. The summed E-state index contributed by atoms with van der Waals surface area (Å²) in [6.07, 6.45) is 0. The Hall–Kier alpha value is -2.26. The van der Waals surface area contributed by atoms with E-state index in [1.54, 1.807) is 0 Å². The fraction of sp³-hybridized carbons (Fsp3) is 0.263. The largest absolute Gasteiger partial charge is 0.492 e. The highest BCUT2D eigenvalue weighted by molar-refractivity contribution is 5.85. The summed E-state index contributed by atoms with van der Waals surface area (Å²) >= 11 is 0. The van der Waals surface area contributed by atoms with Crippen molar-refractivity contribution >= 4 is 10.9 Å². The lowest BCUT2D eigenvalue weighted by atomic mass is 10.1. The Bertz CT molecular complexity index is 747. The maximum atomic E-state index is 5.82. The van der Waals surface area contributed by atoms with Crippen molar-refractivity contribution in [2.75, 3.05) is 13.2 Å². The number of nitrogens with one attached hydrogen (secondary N) is 2. The van der Waals surface area contributed by atoms with E-state index in [0.29, 0.717) is 6.61 Å². The van der Waals surface area contributed by atoms with Gasteiger partial charge in [-0.2, -0.15) is 0 Å². The first kappa shape index (κ1) is 14.7. The fourth-order valence-electron chi connectivity index (χ4n) is 2.61. The summed E-state index contributed by atoms with van der Waals surface area (Å²) in [7, 11) is 0. The van der Waals surface area contributed by atoms with Gasteiger partial charge in [0.15, 0.2) is 0 Å². The highest BCUT2D eigenvalue weighted by Crippen LogP contribution is 2.25. The Morgan fingerprint density at radius 2 is 1.86 bits per heavy atom. The van der Waals surface area contributed by atoms with Crippen molar-refractivity contribution in [3.8, 4) is 5.75 Å². The first-order valence-corrected chi connectivity index (χ1v) is 7.70. The van der Waals surface area contributed by atoms with Gasteiger partial charge in [0.25, 0.3) is 0 Å². The Labute approximate surface area is 131 Å². The van der Waals surface area contributed by atoms with E-state index in [4.69, 9.17) is 4.74 Å². The normalized spacial score (nSPS) is 11.0. The summed E-state index contributed by atoms with van der Waals surface area (Å²) in [5, 5.41) is 4.66. The summed E-state index contributed by atoms with van der Waals surface area (Å²) in [4.78, 5) is 3.39. The average Bonchev–Trinajstić information content (AvgIpc) is 2.82. The number of benzene rings is 2. The molecular weight excluding hydrogens is 272 g/mol. The number of aromatic amines is 1. The van der Waals surface area contributed by atoms with E-state index in [9.17, 15) is 0 Å². The number of hydrogen-bond donors (Lipinski definition) is 2. The summed E-state index contributed by atoms with van der Waals surface area (Å²) in [6, 6.07) is 16.6. The third kappa shape index (κ3) is 3.31. The molecule has 1 aromatic heterocycles. The van der Waals surface area contributed by atoms with Crippen LogP contribution in [0.15, 0.2) is 48.5 Å². The van der Waals surface area contributed by atoms with Crippen LogP contribution in [-0.4, -0.2) is 18.1 Å². The van der Waals surface area contributed by atoms with Gasteiger partial charge in [-0.25, -0.2) is 0 Å². The van der Waals surface area contributed by atoms with Crippen LogP contribution in [-0.2, 0) is 6.54 Å². The lowest BCUT2D eigenvalue weighted by molar-refractivity contribution is 0.314. The molecule has 0 atom stereocenters. The van der Waals surface area contributed by atoms with Crippen LogP contribution >= 0.6 is 0 Å². The predicted molar refractivity (Wildman–Crippen MR) is 91.4 cm³/mol. The molecule has 3 heteroatoms. The van der Waals surface area contributed by atoms with Crippen molar-refractivity contribution in [2.45, 2.75) is 20.4 Å². The quantitative estimate of drug-likeness (QED) is 0.675. The molecule has 2 aromatic carbocycles. The van der Waals surface area contributed by atoms with Crippen LogP contribution in [0, 0.1) is 13.8 Å². The van der Waals surface area contributed by atoms with Crippen LogP contribution in [0.4, 0.5) is 0 Å². The Balaban J connectivity index is 1.49. The smallest absolute Gasteiger partial charge is 0.121 e. The number of hydrogen-bond acceptors (Lipinski definition) is 2. The van der Waals surface area contributed by atoms with Gasteiger partial charge in [0.2, 0.25) is 0 Å². The molecule has 0 bridgehead atoms. The SMILES string of the molecule is Cc1[nH]c2cc(OCCNCc3ccccc3)ccc2c1C. The number of ether oxygens (including phenoxy) is 1. The van der Waals surface area contributed by atoms with Crippen molar-refractivity contribution in [3.05, 3.63) is 65.4 Å². The van der Waals surface area contributed by atoms with Gasteiger partial charge in [0, 0.05) is 35.8 Å². The second kappa shape index (κ2) is 6.67. The molecule has 0 aliphatic heterocycles. The molecule has 114 valence electrons. The summed E-state index contributed by atoms with van der Waals surface area (Å²) in [6.45, 7) is 6.61. The summed E-state index contributed by atoms with van der Waals surface area (Å²) < 4.78 is 5.82. The molecule has 0 amide bonds. The zero-order chi connectivity index (χ0) is 15.4. The molecule has 1 heterocycles. The topological polar surface area (TPSA) is 37.0 Å². The molecule has 3 aromatic rings. The van der Waals surface area contributed by atoms with E-state index in [1.807, 2.05) is 12.1 Å². The standard InChI is InChI=1S/C19H22N2O/c1-14-15(2)21-19-12-17(8-9-18(14)19)22-11-10-20-13-16-6-4-3-5-7-16/h3-9,12,20-21H,10-11,13H2,1-2H3. The molecule has 0 aliphatic rings. The van der Waals surface area contributed by atoms with Gasteiger partial charge < -0.3 is 15.0 Å². The third-order valence-electron chi connectivity index (χ3n) is 4.00. The number of fused-ring (bicyclic) bond motifs is 1. The van der Waals surface area contributed by atoms with Crippen molar-refractivity contribution in [2.24, 2.45) is 0 Å². The van der Waals surface area contributed by atoms with Crippen molar-refractivity contribution in [1.29, 1.82) is 0 Å². The first-order chi connectivity index (χ1) is 10.7. The van der Waals surface area contributed by atoms with Crippen LogP contribution in [0.5, 0.6) is 5.75 Å². The van der Waals surface area contributed by atoms with Gasteiger partial charge in [0.1, 0.15) is 12.4 Å². The van der Waals surface area contributed by atoms with Gasteiger partial charge >= 0.3 is 0 Å². The van der Waals surface area contributed by atoms with Crippen molar-refractivity contribution in [1.82, 2.24) is 10.3 Å². The zero-order valence-corrected chi connectivity index (χ0v) is 13.1. The van der Waals surface area contributed by atoms with Crippen LogP contribution < -0.4 is 10.1 Å². The van der Waals surface area contributed by atoms with Crippen LogP contribution in [0.1, 0.15) is 16.8 Å². The average molecular weight is 294 g/mol. The monoisotopic (exact) mass is 294 g/mol. The van der Waals surface area contributed by atoms with E-state index in [-0.39, 0.29) is 0 Å². The Morgan fingerprint density at radius 3 is 2.68 bits per heavy atom. The molecule has 0 saturated heterocycles. The van der Waals surface area contributed by atoms with Gasteiger partial charge in [-0.3, -0.25) is 0 Å². The molecule has 0 saturated carbocycles. The number of rotatable bonds is 6. The van der Waals surface area contributed by atoms with Gasteiger partial charge in [-0.05, 0) is 37.1 Å². The Morgan fingerprint density at radius 1 is 1.05 bits per heavy atom. The third-order valence-corrected chi connectivity index (χ3v) is 4.00. The van der Waals surface area contributed by atoms with Crippen LogP contribution in [0.3, 0.4) is 0 Å². The van der Waals surface area contributed by atoms with Crippen molar-refractivity contribution < 1.29 is 4.74 Å². The summed E-state index contributed by atoms with van der Waals surface area (Å²) in [5.74, 6) is 0.912. The van der Waals surface area contributed by atoms with E-state index in [1.165, 1.54) is 22.2 Å². The number of aromatic nitrogens is 1. The van der Waals surface area contributed by atoms with E-state index >= 15 is 0 Å². The highest BCUT2D eigenvalue weighted by Gasteiger charge is 2.05. The lowest BCUT2D eigenvalue weighted by Gasteiger charge is -2.08. The zero-order valence-electron chi connectivity index (χ0n) is 13.1. The van der Waals surface area contributed by atoms with Gasteiger partial charge in [0.05, 0.1) is 0 Å². The fourth-order valence-corrected chi connectivity index (χ4v) is 2.61. The maximum Gasteiger partial charge on any atom is 0.121 e. The van der Waals surface area contributed by atoms with Crippen LogP contribution in [0.25, 0.3) is 10.9 Å². The molecule has 3 nitrogen and oxygen atoms in total. The maximum absolute atomic E-state index is 5.82. The van der Waals surface area contributed by atoms with Crippen molar-refractivity contribution in [3.63, 3.8) is 0 Å². The summed E-state index contributed by atoms with van der Waals surface area (Å²) in [5.41, 5.74) is 4.97. The second-order valence-electron chi connectivity index (χ2n) is 5.59. The van der Waals surface area contributed by atoms with E-state index in [0.717, 1.165) is 24.4 Å². The molecule has 0 spiro atoms. The predicted octanol–water partition coefficient (Wildman–Crippen LogP) is 3.95. The van der Waals surface area contributed by atoms with Gasteiger partial charge in [-0.1, -0.05) is 30.3 Å². The molecule has 0 radical (unpaired) electrons.